The number of benzene rings is 2. The highest BCUT2D eigenvalue weighted by atomic mass is 16.5. The molecule has 0 aliphatic rings. The summed E-state index contributed by atoms with van der Waals surface area (Å²) in [5.41, 5.74) is 2.06. The van der Waals surface area contributed by atoms with Gasteiger partial charge in [-0.05, 0) is 24.6 Å². The van der Waals surface area contributed by atoms with E-state index in [-0.39, 0.29) is 11.9 Å². The van der Waals surface area contributed by atoms with Gasteiger partial charge in [-0.15, -0.1) is 0 Å². The summed E-state index contributed by atoms with van der Waals surface area (Å²) in [5.74, 6) is 0.832. The monoisotopic (exact) mass is 298 g/mol. The number of rotatable bonds is 7. The first-order valence-electron chi connectivity index (χ1n) is 7.41. The second kappa shape index (κ2) is 8.08. The molecule has 0 aromatic heterocycles. The predicted molar refractivity (Wildman–Crippen MR) is 89.1 cm³/mol. The Morgan fingerprint density at radius 2 is 1.91 bits per heavy atom. The highest BCUT2D eigenvalue weighted by Crippen LogP contribution is 2.16. The molecule has 0 spiro atoms. The third-order valence-corrected chi connectivity index (χ3v) is 3.43. The van der Waals surface area contributed by atoms with Crippen LogP contribution in [0.15, 0.2) is 54.6 Å². The number of anilines is 1. The molecule has 4 nitrogen and oxygen atoms in total. The van der Waals surface area contributed by atoms with Crippen molar-refractivity contribution in [1.29, 1.82) is 0 Å². The van der Waals surface area contributed by atoms with Crippen molar-refractivity contribution in [1.82, 2.24) is 5.32 Å². The van der Waals surface area contributed by atoms with Crippen LogP contribution in [0.5, 0.6) is 5.75 Å². The third-order valence-electron chi connectivity index (χ3n) is 3.43. The Labute approximate surface area is 131 Å². The van der Waals surface area contributed by atoms with Crippen LogP contribution in [-0.2, 0) is 4.79 Å². The standard InChI is InChI=1S/C18H22N2O2/c1-14(15-7-4-3-5-8-15)20-18(21)11-12-19-16-9-6-10-17(13-16)22-2/h3-10,13-14,19H,11-12H2,1-2H3,(H,20,21). The van der Waals surface area contributed by atoms with Crippen LogP contribution in [-0.4, -0.2) is 19.6 Å². The number of carbonyl (C=O) groups is 1. The minimum atomic E-state index is 0.0190. The fourth-order valence-corrected chi connectivity index (χ4v) is 2.19. The van der Waals surface area contributed by atoms with Gasteiger partial charge in [0, 0.05) is 24.7 Å². The third kappa shape index (κ3) is 4.81. The summed E-state index contributed by atoms with van der Waals surface area (Å²) in [6.07, 6.45) is 0.425. The zero-order valence-corrected chi connectivity index (χ0v) is 13.0. The van der Waals surface area contributed by atoms with Gasteiger partial charge in [-0.1, -0.05) is 36.4 Å². The molecule has 2 aromatic carbocycles. The van der Waals surface area contributed by atoms with Gasteiger partial charge in [-0.3, -0.25) is 4.79 Å². The van der Waals surface area contributed by atoms with Crippen molar-refractivity contribution in [3.05, 3.63) is 60.2 Å². The van der Waals surface area contributed by atoms with E-state index in [4.69, 9.17) is 4.74 Å². The van der Waals surface area contributed by atoms with Crippen LogP contribution in [0.1, 0.15) is 24.9 Å². The summed E-state index contributed by atoms with van der Waals surface area (Å²) >= 11 is 0. The van der Waals surface area contributed by atoms with Crippen molar-refractivity contribution >= 4 is 11.6 Å². The summed E-state index contributed by atoms with van der Waals surface area (Å²) in [4.78, 5) is 12.0. The van der Waals surface area contributed by atoms with Crippen molar-refractivity contribution in [2.24, 2.45) is 0 Å². The van der Waals surface area contributed by atoms with Crippen LogP contribution in [0.2, 0.25) is 0 Å². The van der Waals surface area contributed by atoms with Gasteiger partial charge in [-0.2, -0.15) is 0 Å². The number of nitrogens with one attached hydrogen (secondary N) is 2. The van der Waals surface area contributed by atoms with Crippen LogP contribution < -0.4 is 15.4 Å². The number of hydrogen-bond acceptors (Lipinski definition) is 3. The van der Waals surface area contributed by atoms with E-state index >= 15 is 0 Å². The second-order valence-electron chi connectivity index (χ2n) is 5.11. The Kier molecular flexibility index (Phi) is 5.83. The lowest BCUT2D eigenvalue weighted by molar-refractivity contribution is -0.121. The van der Waals surface area contributed by atoms with Gasteiger partial charge in [0.25, 0.3) is 0 Å². The van der Waals surface area contributed by atoms with E-state index < -0.39 is 0 Å². The summed E-state index contributed by atoms with van der Waals surface area (Å²) in [5, 5.41) is 6.22. The quantitative estimate of drug-likeness (QED) is 0.824. The molecule has 2 N–H and O–H groups in total. The van der Waals surface area contributed by atoms with Gasteiger partial charge in [0.05, 0.1) is 13.2 Å². The van der Waals surface area contributed by atoms with E-state index in [1.54, 1.807) is 7.11 Å². The molecule has 0 radical (unpaired) electrons. The minimum absolute atomic E-state index is 0.0190. The molecule has 2 rings (SSSR count). The normalized spacial score (nSPS) is 11.5. The molecule has 116 valence electrons. The van der Waals surface area contributed by atoms with Gasteiger partial charge in [0.15, 0.2) is 0 Å². The number of hydrogen-bond donors (Lipinski definition) is 2. The van der Waals surface area contributed by atoms with Crippen molar-refractivity contribution in [2.75, 3.05) is 19.0 Å². The first-order chi connectivity index (χ1) is 10.7. The highest BCUT2D eigenvalue weighted by molar-refractivity contribution is 5.77. The summed E-state index contributed by atoms with van der Waals surface area (Å²) < 4.78 is 5.16. The van der Waals surface area contributed by atoms with Gasteiger partial charge < -0.3 is 15.4 Å². The molecule has 0 aliphatic heterocycles. The summed E-state index contributed by atoms with van der Waals surface area (Å²) in [7, 11) is 1.64. The summed E-state index contributed by atoms with van der Waals surface area (Å²) in [6, 6.07) is 17.6. The van der Waals surface area contributed by atoms with E-state index in [9.17, 15) is 4.79 Å². The molecule has 1 amide bonds. The largest absolute Gasteiger partial charge is 0.497 e. The van der Waals surface area contributed by atoms with E-state index in [0.29, 0.717) is 13.0 Å². The van der Waals surface area contributed by atoms with E-state index in [0.717, 1.165) is 17.0 Å². The molecule has 0 saturated heterocycles. The Hall–Kier alpha value is -2.49. The Morgan fingerprint density at radius 1 is 1.14 bits per heavy atom. The summed E-state index contributed by atoms with van der Waals surface area (Å²) in [6.45, 7) is 2.57. The van der Waals surface area contributed by atoms with Gasteiger partial charge >= 0.3 is 0 Å². The molecule has 2 aromatic rings. The van der Waals surface area contributed by atoms with Crippen molar-refractivity contribution < 1.29 is 9.53 Å². The molecule has 0 fully saturated rings. The average molecular weight is 298 g/mol. The molecule has 0 saturated carbocycles. The minimum Gasteiger partial charge on any atom is -0.497 e. The van der Waals surface area contributed by atoms with Gasteiger partial charge in [-0.25, -0.2) is 0 Å². The maximum absolute atomic E-state index is 12.0. The van der Waals surface area contributed by atoms with Crippen LogP contribution in [0, 0.1) is 0 Å². The van der Waals surface area contributed by atoms with Crippen LogP contribution in [0.25, 0.3) is 0 Å². The fraction of sp³-hybridized carbons (Fsp3) is 0.278. The zero-order valence-electron chi connectivity index (χ0n) is 13.0. The Bertz CT molecular complexity index is 599. The molecule has 0 heterocycles. The van der Waals surface area contributed by atoms with E-state index in [1.807, 2.05) is 61.5 Å². The highest BCUT2D eigenvalue weighted by Gasteiger charge is 2.08. The lowest BCUT2D eigenvalue weighted by Gasteiger charge is -2.14. The van der Waals surface area contributed by atoms with Crippen LogP contribution >= 0.6 is 0 Å². The number of amides is 1. The smallest absolute Gasteiger partial charge is 0.222 e. The molecule has 1 unspecified atom stereocenters. The SMILES string of the molecule is COc1cccc(NCCC(=O)NC(C)c2ccccc2)c1. The lowest BCUT2D eigenvalue weighted by Crippen LogP contribution is -2.28. The topological polar surface area (TPSA) is 50.4 Å². The number of ether oxygens (including phenoxy) is 1. The molecular weight excluding hydrogens is 276 g/mol. The molecule has 0 aliphatic carbocycles. The Morgan fingerprint density at radius 3 is 2.64 bits per heavy atom. The van der Waals surface area contributed by atoms with Crippen LogP contribution in [0.3, 0.4) is 0 Å². The van der Waals surface area contributed by atoms with Crippen LogP contribution in [0.4, 0.5) is 5.69 Å². The van der Waals surface area contributed by atoms with Crippen molar-refractivity contribution in [3.63, 3.8) is 0 Å². The van der Waals surface area contributed by atoms with Gasteiger partial charge in [0.1, 0.15) is 5.75 Å². The van der Waals surface area contributed by atoms with E-state index in [2.05, 4.69) is 10.6 Å². The predicted octanol–water partition coefficient (Wildman–Crippen LogP) is 3.37. The average Bonchev–Trinajstić information content (AvgIpc) is 2.56. The Balaban J connectivity index is 1.76. The zero-order chi connectivity index (χ0) is 15.8. The second-order valence-corrected chi connectivity index (χ2v) is 5.11. The first-order valence-corrected chi connectivity index (χ1v) is 7.41. The molecule has 1 atom stereocenters. The number of methoxy groups -OCH3 is 1. The molecule has 4 heteroatoms. The molecule has 0 bridgehead atoms. The van der Waals surface area contributed by atoms with Crippen molar-refractivity contribution in [3.8, 4) is 5.75 Å². The first kappa shape index (κ1) is 15.9. The fourth-order valence-electron chi connectivity index (χ4n) is 2.19. The maximum atomic E-state index is 12.0. The molecule has 22 heavy (non-hydrogen) atoms. The number of carbonyl (C=O) groups excluding carboxylic acids is 1. The van der Waals surface area contributed by atoms with Gasteiger partial charge in [0.2, 0.25) is 5.91 Å². The maximum Gasteiger partial charge on any atom is 0.222 e. The lowest BCUT2D eigenvalue weighted by atomic mass is 10.1. The van der Waals surface area contributed by atoms with E-state index in [1.165, 1.54) is 0 Å². The van der Waals surface area contributed by atoms with Crippen molar-refractivity contribution in [2.45, 2.75) is 19.4 Å². The molecular formula is C18H22N2O2.